The van der Waals surface area contributed by atoms with Gasteiger partial charge < -0.3 is 10.6 Å². The Labute approximate surface area is 151 Å². The van der Waals surface area contributed by atoms with Crippen LogP contribution in [0.15, 0.2) is 60.7 Å². The van der Waals surface area contributed by atoms with E-state index >= 15 is 0 Å². The van der Waals surface area contributed by atoms with Crippen LogP contribution in [0, 0.1) is 5.41 Å². The molecule has 2 aromatic carbocycles. The first-order chi connectivity index (χ1) is 12.3. The van der Waals surface area contributed by atoms with Crippen LogP contribution in [0.5, 0.6) is 0 Å². The summed E-state index contributed by atoms with van der Waals surface area (Å²) in [6.07, 6.45) is 5.40. The van der Waals surface area contributed by atoms with Crippen molar-refractivity contribution in [1.82, 2.24) is 10.6 Å². The summed E-state index contributed by atoms with van der Waals surface area (Å²) in [5.41, 5.74) is 3.55. The van der Waals surface area contributed by atoms with Crippen LogP contribution in [0.25, 0.3) is 0 Å². The molecular weight excluding hydrogens is 304 g/mol. The van der Waals surface area contributed by atoms with Gasteiger partial charge in [-0.1, -0.05) is 60.7 Å². The molecule has 0 amide bonds. The van der Waals surface area contributed by atoms with E-state index in [1.54, 1.807) is 0 Å². The molecule has 0 bridgehead atoms. The molecule has 2 nitrogen and oxygen atoms in total. The molecule has 1 unspecified atom stereocenters. The fourth-order valence-electron chi connectivity index (χ4n) is 4.27. The third-order valence-electron chi connectivity index (χ3n) is 6.47. The minimum absolute atomic E-state index is 0.535. The number of benzene rings is 2. The van der Waals surface area contributed by atoms with Crippen molar-refractivity contribution in [3.8, 4) is 0 Å². The molecule has 5 rings (SSSR count). The predicted octanol–water partition coefficient (Wildman–Crippen LogP) is 4.06. The number of rotatable bonds is 8. The lowest BCUT2D eigenvalue weighted by Crippen LogP contribution is -2.35. The summed E-state index contributed by atoms with van der Waals surface area (Å²) in [5, 5.41) is 7.71. The van der Waals surface area contributed by atoms with Gasteiger partial charge in [-0.15, -0.1) is 0 Å². The first-order valence-corrected chi connectivity index (χ1v) is 9.90. The molecule has 0 saturated heterocycles. The quantitative estimate of drug-likeness (QED) is 0.762. The van der Waals surface area contributed by atoms with Crippen LogP contribution >= 0.6 is 0 Å². The summed E-state index contributed by atoms with van der Waals surface area (Å²) in [6, 6.07) is 23.4. The maximum Gasteiger partial charge on any atom is 0.0143 e. The molecule has 3 aliphatic rings. The van der Waals surface area contributed by atoms with Crippen LogP contribution in [0.4, 0.5) is 0 Å². The van der Waals surface area contributed by atoms with Crippen LogP contribution in [0.3, 0.4) is 0 Å². The SMILES string of the molecule is c1ccc(C2C[C@@H]2NCC2(CN[C@@H]3C[C@H]3c3ccccc3)CC2)cc1. The average Bonchev–Trinajstić information content (AvgIpc) is 3.55. The van der Waals surface area contributed by atoms with E-state index in [4.69, 9.17) is 0 Å². The average molecular weight is 332 g/mol. The normalized spacial score (nSPS) is 31.5. The van der Waals surface area contributed by atoms with Gasteiger partial charge in [0.25, 0.3) is 0 Å². The van der Waals surface area contributed by atoms with Crippen molar-refractivity contribution in [3.63, 3.8) is 0 Å². The molecule has 0 aromatic heterocycles. The molecule has 3 fully saturated rings. The molecule has 130 valence electrons. The highest BCUT2D eigenvalue weighted by atomic mass is 15.0. The Kier molecular flexibility index (Phi) is 3.91. The van der Waals surface area contributed by atoms with E-state index < -0.39 is 0 Å². The highest BCUT2D eigenvalue weighted by Crippen LogP contribution is 2.48. The van der Waals surface area contributed by atoms with Crippen LogP contribution < -0.4 is 10.6 Å². The minimum Gasteiger partial charge on any atom is -0.313 e. The Balaban J connectivity index is 1.06. The van der Waals surface area contributed by atoms with E-state index in [0.29, 0.717) is 17.5 Å². The van der Waals surface area contributed by atoms with Crippen LogP contribution in [0.2, 0.25) is 0 Å². The second kappa shape index (κ2) is 6.26. The van der Waals surface area contributed by atoms with Crippen molar-refractivity contribution in [3.05, 3.63) is 71.8 Å². The molecular formula is C23H28N2. The lowest BCUT2D eigenvalue weighted by atomic mass is 10.1. The molecule has 3 saturated carbocycles. The standard InChI is InChI=1S/C23H28N2/c1-3-7-17(8-4-1)19-13-21(19)24-15-23(11-12-23)16-25-22-14-20(22)18-9-5-2-6-10-18/h1-10,19-22,24-25H,11-16H2/t19-,20?,21+,22-/m0/s1. The predicted molar refractivity (Wildman–Crippen MR) is 103 cm³/mol. The Bertz CT molecular complexity index is 648. The van der Waals surface area contributed by atoms with Crippen molar-refractivity contribution in [1.29, 1.82) is 0 Å². The third-order valence-corrected chi connectivity index (χ3v) is 6.47. The Morgan fingerprint density at radius 2 is 1.12 bits per heavy atom. The van der Waals surface area contributed by atoms with Crippen molar-refractivity contribution < 1.29 is 0 Å². The summed E-state index contributed by atoms with van der Waals surface area (Å²) in [5.74, 6) is 1.49. The number of hydrogen-bond donors (Lipinski definition) is 2. The summed E-state index contributed by atoms with van der Waals surface area (Å²) in [7, 11) is 0. The summed E-state index contributed by atoms with van der Waals surface area (Å²) < 4.78 is 0. The Morgan fingerprint density at radius 1 is 0.680 bits per heavy atom. The fourth-order valence-corrected chi connectivity index (χ4v) is 4.27. The van der Waals surface area contributed by atoms with Gasteiger partial charge in [-0.25, -0.2) is 0 Å². The van der Waals surface area contributed by atoms with Crippen molar-refractivity contribution in [2.24, 2.45) is 5.41 Å². The van der Waals surface area contributed by atoms with E-state index in [2.05, 4.69) is 71.3 Å². The molecule has 4 atom stereocenters. The van der Waals surface area contributed by atoms with E-state index in [1.807, 2.05) is 0 Å². The zero-order valence-corrected chi connectivity index (χ0v) is 14.8. The van der Waals surface area contributed by atoms with Gasteiger partial charge in [0.05, 0.1) is 0 Å². The van der Waals surface area contributed by atoms with Gasteiger partial charge in [-0.2, -0.15) is 0 Å². The molecule has 0 heterocycles. The zero-order valence-electron chi connectivity index (χ0n) is 14.8. The van der Waals surface area contributed by atoms with E-state index in [0.717, 1.165) is 11.8 Å². The fraction of sp³-hybridized carbons (Fsp3) is 0.478. The van der Waals surface area contributed by atoms with E-state index in [9.17, 15) is 0 Å². The van der Waals surface area contributed by atoms with Gasteiger partial charge in [0.2, 0.25) is 0 Å². The van der Waals surface area contributed by atoms with Gasteiger partial charge in [0, 0.05) is 37.0 Å². The Morgan fingerprint density at radius 3 is 1.52 bits per heavy atom. The molecule has 3 aliphatic carbocycles. The summed E-state index contributed by atoms with van der Waals surface area (Å²) in [4.78, 5) is 0. The summed E-state index contributed by atoms with van der Waals surface area (Å²) in [6.45, 7) is 2.38. The van der Waals surface area contributed by atoms with Crippen LogP contribution in [0.1, 0.15) is 48.6 Å². The maximum atomic E-state index is 3.85. The highest BCUT2D eigenvalue weighted by Gasteiger charge is 2.47. The van der Waals surface area contributed by atoms with Gasteiger partial charge in [0.1, 0.15) is 0 Å². The zero-order chi connectivity index (χ0) is 16.7. The lowest BCUT2D eigenvalue weighted by molar-refractivity contribution is 0.417. The largest absolute Gasteiger partial charge is 0.313 e. The molecule has 0 radical (unpaired) electrons. The second-order valence-corrected chi connectivity index (χ2v) is 8.48. The van der Waals surface area contributed by atoms with Gasteiger partial charge >= 0.3 is 0 Å². The van der Waals surface area contributed by atoms with Gasteiger partial charge in [0.15, 0.2) is 0 Å². The van der Waals surface area contributed by atoms with Gasteiger partial charge in [-0.3, -0.25) is 0 Å². The van der Waals surface area contributed by atoms with Gasteiger partial charge in [-0.05, 0) is 42.2 Å². The topological polar surface area (TPSA) is 24.1 Å². The van der Waals surface area contributed by atoms with Crippen molar-refractivity contribution in [2.75, 3.05) is 13.1 Å². The van der Waals surface area contributed by atoms with Crippen molar-refractivity contribution in [2.45, 2.75) is 49.6 Å². The first kappa shape index (κ1) is 15.6. The lowest BCUT2D eigenvalue weighted by Gasteiger charge is -2.17. The Hall–Kier alpha value is -1.64. The van der Waals surface area contributed by atoms with E-state index in [1.165, 1.54) is 49.9 Å². The number of nitrogens with one attached hydrogen (secondary N) is 2. The van der Waals surface area contributed by atoms with Crippen LogP contribution in [-0.4, -0.2) is 25.2 Å². The molecule has 0 aliphatic heterocycles. The number of hydrogen-bond acceptors (Lipinski definition) is 2. The highest BCUT2D eigenvalue weighted by molar-refractivity contribution is 5.29. The monoisotopic (exact) mass is 332 g/mol. The minimum atomic E-state index is 0.535. The molecule has 2 aromatic rings. The molecule has 2 N–H and O–H groups in total. The summed E-state index contributed by atoms with van der Waals surface area (Å²) >= 11 is 0. The smallest absolute Gasteiger partial charge is 0.0143 e. The third kappa shape index (κ3) is 3.51. The maximum absolute atomic E-state index is 3.85. The van der Waals surface area contributed by atoms with Crippen LogP contribution in [-0.2, 0) is 0 Å². The van der Waals surface area contributed by atoms with Crippen molar-refractivity contribution >= 4 is 0 Å². The molecule has 0 spiro atoms. The van der Waals surface area contributed by atoms with E-state index in [-0.39, 0.29) is 0 Å². The molecule has 2 heteroatoms. The molecule has 25 heavy (non-hydrogen) atoms. The second-order valence-electron chi connectivity index (χ2n) is 8.48. The first-order valence-electron chi connectivity index (χ1n) is 9.90.